The summed E-state index contributed by atoms with van der Waals surface area (Å²) < 4.78 is 33.0. The number of rotatable bonds is 7. The van der Waals surface area contributed by atoms with Crippen LogP contribution in [0.1, 0.15) is 18.4 Å². The number of hydrogen-bond acceptors (Lipinski definition) is 4. The maximum Gasteiger partial charge on any atom is 0.227 e. The quantitative estimate of drug-likeness (QED) is 0.418. The molecule has 0 unspecified atom stereocenters. The van der Waals surface area contributed by atoms with Crippen LogP contribution in [0.25, 0.3) is 0 Å². The number of amides is 1. The Hall–Kier alpha value is -2.58. The Morgan fingerprint density at radius 2 is 1.59 bits per heavy atom. The minimum Gasteiger partial charge on any atom is -0.455 e. The van der Waals surface area contributed by atoms with Crippen LogP contribution in [0.3, 0.4) is 0 Å². The van der Waals surface area contributed by atoms with E-state index in [1.54, 1.807) is 42.5 Å². The van der Waals surface area contributed by atoms with Crippen LogP contribution in [0.2, 0.25) is 10.0 Å². The monoisotopic (exact) mass is 518 g/mol. The first-order chi connectivity index (χ1) is 16.3. The smallest absolute Gasteiger partial charge is 0.227 e. The standard InChI is InChI=1S/C25H24Cl2N2O4S/c26-20-8-6-18(7-9-20)17-34(31,32)29-14-12-19(13-15-29)25(30)28-23-16-21(27)10-11-24(23)33-22-4-2-1-3-5-22/h1-11,16,19H,12-15,17H2,(H,28,30). The highest BCUT2D eigenvalue weighted by Gasteiger charge is 2.31. The number of sulfonamides is 1. The van der Waals surface area contributed by atoms with E-state index in [1.165, 1.54) is 4.31 Å². The Labute approximate surface area is 209 Å². The van der Waals surface area contributed by atoms with Gasteiger partial charge in [-0.15, -0.1) is 0 Å². The van der Waals surface area contributed by atoms with Crippen molar-refractivity contribution in [3.8, 4) is 11.5 Å². The molecule has 6 nitrogen and oxygen atoms in total. The summed E-state index contributed by atoms with van der Waals surface area (Å²) >= 11 is 12.0. The predicted molar refractivity (Wildman–Crippen MR) is 135 cm³/mol. The molecule has 1 heterocycles. The van der Waals surface area contributed by atoms with Gasteiger partial charge in [0.25, 0.3) is 0 Å². The second-order valence-electron chi connectivity index (χ2n) is 8.10. The Morgan fingerprint density at radius 1 is 0.941 bits per heavy atom. The first kappa shape index (κ1) is 24.5. The van der Waals surface area contributed by atoms with Crippen LogP contribution in [-0.2, 0) is 20.6 Å². The molecule has 34 heavy (non-hydrogen) atoms. The number of carbonyl (C=O) groups is 1. The number of benzene rings is 3. The van der Waals surface area contributed by atoms with E-state index < -0.39 is 10.0 Å². The lowest BCUT2D eigenvalue weighted by molar-refractivity contribution is -0.120. The number of carbonyl (C=O) groups excluding carboxylic acids is 1. The molecule has 1 aliphatic rings. The van der Waals surface area contributed by atoms with Gasteiger partial charge in [0.2, 0.25) is 15.9 Å². The summed E-state index contributed by atoms with van der Waals surface area (Å²) in [4.78, 5) is 13.0. The lowest BCUT2D eigenvalue weighted by Crippen LogP contribution is -2.41. The lowest BCUT2D eigenvalue weighted by atomic mass is 9.97. The molecular formula is C25H24Cl2N2O4S. The highest BCUT2D eigenvalue weighted by Crippen LogP contribution is 2.33. The van der Waals surface area contributed by atoms with Crippen molar-refractivity contribution in [2.75, 3.05) is 18.4 Å². The molecule has 0 radical (unpaired) electrons. The molecular weight excluding hydrogens is 495 g/mol. The number of halogens is 2. The molecule has 4 rings (SSSR count). The number of piperidine rings is 1. The number of ether oxygens (including phenoxy) is 1. The summed E-state index contributed by atoms with van der Waals surface area (Å²) in [6.45, 7) is 0.577. The summed E-state index contributed by atoms with van der Waals surface area (Å²) in [6, 6.07) is 21.1. The molecule has 1 saturated heterocycles. The molecule has 3 aromatic rings. The number of anilines is 1. The largest absolute Gasteiger partial charge is 0.455 e. The molecule has 178 valence electrons. The van der Waals surface area contributed by atoms with Crippen molar-refractivity contribution >= 4 is 44.8 Å². The number of nitrogens with zero attached hydrogens (tertiary/aromatic N) is 1. The van der Waals surface area contributed by atoms with Gasteiger partial charge in [0.1, 0.15) is 5.75 Å². The number of para-hydroxylation sites is 1. The maximum atomic E-state index is 13.0. The zero-order valence-electron chi connectivity index (χ0n) is 18.3. The van der Waals surface area contributed by atoms with E-state index in [9.17, 15) is 13.2 Å². The fourth-order valence-corrected chi connectivity index (χ4v) is 5.68. The second kappa shape index (κ2) is 10.8. The summed E-state index contributed by atoms with van der Waals surface area (Å²) in [5.74, 6) is 0.524. The maximum absolute atomic E-state index is 13.0. The first-order valence-electron chi connectivity index (χ1n) is 10.9. The van der Waals surface area contributed by atoms with Crippen molar-refractivity contribution in [3.63, 3.8) is 0 Å². The SMILES string of the molecule is O=C(Nc1cc(Cl)ccc1Oc1ccccc1)C1CCN(S(=O)(=O)Cc2ccc(Cl)cc2)CC1. The molecule has 1 fully saturated rings. The van der Waals surface area contributed by atoms with Gasteiger partial charge in [-0.1, -0.05) is 53.5 Å². The summed E-state index contributed by atoms with van der Waals surface area (Å²) in [6.07, 6.45) is 0.863. The van der Waals surface area contributed by atoms with E-state index in [2.05, 4.69) is 5.32 Å². The molecule has 0 aromatic heterocycles. The Morgan fingerprint density at radius 3 is 2.26 bits per heavy atom. The van der Waals surface area contributed by atoms with Crippen molar-refractivity contribution in [3.05, 3.63) is 88.4 Å². The minimum absolute atomic E-state index is 0.0935. The Bertz CT molecular complexity index is 1240. The predicted octanol–water partition coefficient (Wildman–Crippen LogP) is 5.97. The highest BCUT2D eigenvalue weighted by atomic mass is 35.5. The molecule has 0 bridgehead atoms. The van der Waals surface area contributed by atoms with Crippen LogP contribution in [-0.4, -0.2) is 31.7 Å². The molecule has 1 amide bonds. The van der Waals surface area contributed by atoms with Gasteiger partial charge >= 0.3 is 0 Å². The van der Waals surface area contributed by atoms with Crippen molar-refractivity contribution in [1.29, 1.82) is 0 Å². The van der Waals surface area contributed by atoms with E-state index in [1.807, 2.05) is 30.3 Å². The Kier molecular flexibility index (Phi) is 7.78. The van der Waals surface area contributed by atoms with Gasteiger partial charge in [-0.05, 0) is 60.9 Å². The molecule has 0 spiro atoms. The summed E-state index contributed by atoms with van der Waals surface area (Å²) in [5, 5.41) is 3.94. The second-order valence-corrected chi connectivity index (χ2v) is 10.9. The normalized spacial score (nSPS) is 15.1. The van der Waals surface area contributed by atoms with Crippen LogP contribution in [0, 0.1) is 5.92 Å². The van der Waals surface area contributed by atoms with Crippen molar-refractivity contribution in [1.82, 2.24) is 4.31 Å². The van der Waals surface area contributed by atoms with E-state index in [4.69, 9.17) is 27.9 Å². The van der Waals surface area contributed by atoms with Crippen molar-refractivity contribution < 1.29 is 17.9 Å². The molecule has 1 aliphatic heterocycles. The van der Waals surface area contributed by atoms with E-state index in [0.717, 1.165) is 0 Å². The topological polar surface area (TPSA) is 75.7 Å². The average Bonchev–Trinajstić information content (AvgIpc) is 2.83. The molecule has 0 aliphatic carbocycles. The van der Waals surface area contributed by atoms with Gasteiger partial charge in [-0.2, -0.15) is 0 Å². The van der Waals surface area contributed by atoms with Crippen LogP contribution < -0.4 is 10.1 Å². The third-order valence-corrected chi connectivity index (χ3v) is 7.99. The third-order valence-electron chi connectivity index (χ3n) is 5.65. The van der Waals surface area contributed by atoms with Crippen LogP contribution in [0.4, 0.5) is 5.69 Å². The average molecular weight is 519 g/mol. The van der Waals surface area contributed by atoms with Gasteiger partial charge in [0, 0.05) is 29.1 Å². The zero-order valence-corrected chi connectivity index (χ0v) is 20.6. The third kappa shape index (κ3) is 6.30. The molecule has 1 N–H and O–H groups in total. The fourth-order valence-electron chi connectivity index (χ4n) is 3.82. The van der Waals surface area contributed by atoms with Gasteiger partial charge in [-0.25, -0.2) is 12.7 Å². The van der Waals surface area contributed by atoms with Gasteiger partial charge in [0.05, 0.1) is 11.4 Å². The van der Waals surface area contributed by atoms with Crippen LogP contribution in [0.15, 0.2) is 72.8 Å². The minimum atomic E-state index is -3.48. The van der Waals surface area contributed by atoms with Gasteiger partial charge in [-0.3, -0.25) is 4.79 Å². The summed E-state index contributed by atoms with van der Waals surface area (Å²) in [7, 11) is -3.48. The molecule has 9 heteroatoms. The fraction of sp³-hybridized carbons (Fsp3) is 0.240. The van der Waals surface area contributed by atoms with E-state index in [0.29, 0.717) is 45.6 Å². The van der Waals surface area contributed by atoms with Gasteiger partial charge < -0.3 is 10.1 Å². The number of hydrogen-bond donors (Lipinski definition) is 1. The Balaban J connectivity index is 1.37. The molecule has 3 aromatic carbocycles. The lowest BCUT2D eigenvalue weighted by Gasteiger charge is -2.30. The van der Waals surface area contributed by atoms with Crippen molar-refractivity contribution in [2.45, 2.75) is 18.6 Å². The first-order valence-corrected chi connectivity index (χ1v) is 13.2. The van der Waals surface area contributed by atoms with Crippen LogP contribution in [0.5, 0.6) is 11.5 Å². The van der Waals surface area contributed by atoms with Crippen LogP contribution >= 0.6 is 23.2 Å². The summed E-state index contributed by atoms with van der Waals surface area (Å²) in [5.41, 5.74) is 1.15. The highest BCUT2D eigenvalue weighted by molar-refractivity contribution is 7.88. The molecule has 0 atom stereocenters. The van der Waals surface area contributed by atoms with Crippen molar-refractivity contribution in [2.24, 2.45) is 5.92 Å². The van der Waals surface area contributed by atoms with E-state index >= 15 is 0 Å². The van der Waals surface area contributed by atoms with E-state index in [-0.39, 0.29) is 30.7 Å². The molecule has 0 saturated carbocycles. The number of nitrogens with one attached hydrogen (secondary N) is 1. The van der Waals surface area contributed by atoms with Gasteiger partial charge in [0.15, 0.2) is 5.75 Å². The zero-order chi connectivity index (χ0) is 24.1.